The predicted octanol–water partition coefficient (Wildman–Crippen LogP) is 3.06. The molecule has 1 aromatic rings. The molecule has 0 fully saturated rings. The number of hydrogen-bond acceptors (Lipinski definition) is 1. The van der Waals surface area contributed by atoms with E-state index in [1.54, 1.807) is 7.11 Å². The van der Waals surface area contributed by atoms with Gasteiger partial charge in [-0.1, -0.05) is 28.1 Å². The number of hydrogen-bond donors (Lipinski definition) is 0. The highest BCUT2D eigenvalue weighted by Crippen LogP contribution is 2.13. The third-order valence-electron chi connectivity index (χ3n) is 1.35. The average Bonchev–Trinajstić information content (AvgIpc) is 2.06. The van der Waals surface area contributed by atoms with Gasteiger partial charge in [0.25, 0.3) is 0 Å². The molecule has 0 saturated heterocycles. The lowest BCUT2D eigenvalue weighted by Gasteiger charge is -1.98. The Bertz CT molecular complexity index is 255. The van der Waals surface area contributed by atoms with E-state index in [-0.39, 0.29) is 0 Å². The van der Waals surface area contributed by atoms with Gasteiger partial charge in [0.05, 0.1) is 7.11 Å². The minimum Gasteiger partial charge on any atom is -0.497 e. The average molecular weight is 213 g/mol. The number of halogens is 1. The molecule has 0 saturated carbocycles. The van der Waals surface area contributed by atoms with Crippen LogP contribution in [0.25, 0.3) is 6.08 Å². The molecule has 0 atom stereocenters. The highest BCUT2D eigenvalue weighted by molar-refractivity contribution is 9.11. The Morgan fingerprint density at radius 3 is 2.91 bits per heavy atom. The highest BCUT2D eigenvalue weighted by Gasteiger charge is 1.89. The van der Waals surface area contributed by atoms with E-state index >= 15 is 0 Å². The van der Waals surface area contributed by atoms with Gasteiger partial charge in [-0.3, -0.25) is 0 Å². The summed E-state index contributed by atoms with van der Waals surface area (Å²) in [5.41, 5.74) is 1.13. The van der Waals surface area contributed by atoms with Gasteiger partial charge in [0.15, 0.2) is 0 Å². The first kappa shape index (κ1) is 8.34. The van der Waals surface area contributed by atoms with Gasteiger partial charge in [-0.15, -0.1) is 0 Å². The molecule has 1 nitrogen and oxygen atoms in total. The van der Waals surface area contributed by atoms with Crippen molar-refractivity contribution in [3.63, 3.8) is 0 Å². The van der Waals surface area contributed by atoms with Crippen LogP contribution in [-0.4, -0.2) is 7.11 Å². The Morgan fingerprint density at radius 1 is 1.45 bits per heavy atom. The second-order valence-electron chi connectivity index (χ2n) is 2.07. The molecule has 0 aliphatic heterocycles. The minimum absolute atomic E-state index is 0.883. The first-order valence-electron chi connectivity index (χ1n) is 3.27. The van der Waals surface area contributed by atoms with Crippen LogP contribution in [0.2, 0.25) is 0 Å². The number of ether oxygens (including phenoxy) is 1. The lowest BCUT2D eigenvalue weighted by atomic mass is 10.2. The normalized spacial score (nSPS) is 10.4. The van der Waals surface area contributed by atoms with Crippen molar-refractivity contribution in [2.24, 2.45) is 0 Å². The first-order chi connectivity index (χ1) is 5.36. The summed E-state index contributed by atoms with van der Waals surface area (Å²) in [6.45, 7) is 0. The molecule has 58 valence electrons. The molecule has 0 aromatic heterocycles. The fourth-order valence-electron chi connectivity index (χ4n) is 0.818. The summed E-state index contributed by atoms with van der Waals surface area (Å²) >= 11 is 3.21. The van der Waals surface area contributed by atoms with Crippen molar-refractivity contribution >= 4 is 22.0 Å². The molecule has 1 rings (SSSR count). The van der Waals surface area contributed by atoms with Crippen molar-refractivity contribution in [2.75, 3.05) is 7.11 Å². The van der Waals surface area contributed by atoms with Crippen LogP contribution in [-0.2, 0) is 0 Å². The predicted molar refractivity (Wildman–Crippen MR) is 51.0 cm³/mol. The highest BCUT2D eigenvalue weighted by atomic mass is 79.9. The molecule has 0 aliphatic rings. The zero-order chi connectivity index (χ0) is 8.10. The van der Waals surface area contributed by atoms with E-state index in [0.717, 1.165) is 11.3 Å². The van der Waals surface area contributed by atoms with Crippen LogP contribution in [0.3, 0.4) is 0 Å². The Kier molecular flexibility index (Phi) is 3.17. The van der Waals surface area contributed by atoms with E-state index < -0.39 is 0 Å². The molecule has 11 heavy (non-hydrogen) atoms. The molecule has 0 heterocycles. The standard InChI is InChI=1S/C9H9BrO/c1-11-9-4-2-3-8(7-9)5-6-10/h2-7H,1H3/b6-5-. The van der Waals surface area contributed by atoms with Crippen LogP contribution in [0.4, 0.5) is 0 Å². The Hall–Kier alpha value is -0.760. The summed E-state index contributed by atoms with van der Waals surface area (Å²) in [7, 11) is 1.66. The Labute approximate surface area is 74.8 Å². The molecule has 0 unspecified atom stereocenters. The lowest BCUT2D eigenvalue weighted by molar-refractivity contribution is 0.414. The van der Waals surface area contributed by atoms with Crippen molar-refractivity contribution in [2.45, 2.75) is 0 Å². The molecule has 0 radical (unpaired) electrons. The molecule has 0 amide bonds. The van der Waals surface area contributed by atoms with Crippen LogP contribution in [0.15, 0.2) is 29.3 Å². The zero-order valence-electron chi connectivity index (χ0n) is 6.25. The second-order valence-corrected chi connectivity index (χ2v) is 2.60. The molecule has 0 spiro atoms. The topological polar surface area (TPSA) is 9.23 Å². The van der Waals surface area contributed by atoms with Gasteiger partial charge in [0.2, 0.25) is 0 Å². The van der Waals surface area contributed by atoms with Crippen molar-refractivity contribution in [1.82, 2.24) is 0 Å². The summed E-state index contributed by atoms with van der Waals surface area (Å²) in [5.74, 6) is 0.883. The fraction of sp³-hybridized carbons (Fsp3) is 0.111. The maximum atomic E-state index is 5.05. The number of rotatable bonds is 2. The van der Waals surface area contributed by atoms with Gasteiger partial charge in [-0.2, -0.15) is 0 Å². The second kappa shape index (κ2) is 4.19. The molecule has 0 aliphatic carbocycles. The molecule has 2 heteroatoms. The Morgan fingerprint density at radius 2 is 2.27 bits per heavy atom. The Balaban J connectivity index is 2.91. The van der Waals surface area contributed by atoms with Crippen LogP contribution >= 0.6 is 15.9 Å². The fourth-order valence-corrected chi connectivity index (χ4v) is 1.12. The third kappa shape index (κ3) is 2.39. The summed E-state index contributed by atoms with van der Waals surface area (Å²) in [6.07, 6.45) is 1.96. The van der Waals surface area contributed by atoms with E-state index in [1.807, 2.05) is 35.3 Å². The molecular weight excluding hydrogens is 204 g/mol. The van der Waals surface area contributed by atoms with Gasteiger partial charge < -0.3 is 4.74 Å². The largest absolute Gasteiger partial charge is 0.497 e. The molecular formula is C9H9BrO. The van der Waals surface area contributed by atoms with E-state index in [9.17, 15) is 0 Å². The smallest absolute Gasteiger partial charge is 0.119 e. The van der Waals surface area contributed by atoms with Crippen molar-refractivity contribution in [1.29, 1.82) is 0 Å². The first-order valence-corrected chi connectivity index (χ1v) is 4.19. The summed E-state index contributed by atoms with van der Waals surface area (Å²) in [6, 6.07) is 7.87. The van der Waals surface area contributed by atoms with Crippen molar-refractivity contribution in [3.8, 4) is 5.75 Å². The van der Waals surface area contributed by atoms with Gasteiger partial charge in [0, 0.05) is 0 Å². The summed E-state index contributed by atoms with van der Waals surface area (Å²) in [5, 5.41) is 0. The maximum Gasteiger partial charge on any atom is 0.119 e. The number of methoxy groups -OCH3 is 1. The van der Waals surface area contributed by atoms with E-state index in [0.29, 0.717) is 0 Å². The quantitative estimate of drug-likeness (QED) is 0.733. The summed E-state index contributed by atoms with van der Waals surface area (Å²) in [4.78, 5) is 1.82. The van der Waals surface area contributed by atoms with E-state index in [1.165, 1.54) is 0 Å². The van der Waals surface area contributed by atoms with Crippen LogP contribution in [0.5, 0.6) is 5.75 Å². The minimum atomic E-state index is 0.883. The van der Waals surface area contributed by atoms with E-state index in [4.69, 9.17) is 4.74 Å². The zero-order valence-corrected chi connectivity index (χ0v) is 7.84. The van der Waals surface area contributed by atoms with Gasteiger partial charge in [-0.05, 0) is 28.8 Å². The van der Waals surface area contributed by atoms with Crippen LogP contribution in [0.1, 0.15) is 5.56 Å². The van der Waals surface area contributed by atoms with E-state index in [2.05, 4.69) is 15.9 Å². The molecule has 1 aromatic carbocycles. The monoisotopic (exact) mass is 212 g/mol. The van der Waals surface area contributed by atoms with Gasteiger partial charge in [-0.25, -0.2) is 0 Å². The molecule has 0 bridgehead atoms. The van der Waals surface area contributed by atoms with Gasteiger partial charge in [0.1, 0.15) is 5.75 Å². The van der Waals surface area contributed by atoms with Crippen LogP contribution < -0.4 is 4.74 Å². The summed E-state index contributed by atoms with van der Waals surface area (Å²) < 4.78 is 5.05. The van der Waals surface area contributed by atoms with Gasteiger partial charge >= 0.3 is 0 Å². The number of benzene rings is 1. The lowest BCUT2D eigenvalue weighted by Crippen LogP contribution is -1.81. The van der Waals surface area contributed by atoms with Crippen molar-refractivity contribution in [3.05, 3.63) is 34.8 Å². The SMILES string of the molecule is COc1cccc(/C=C\Br)c1. The van der Waals surface area contributed by atoms with Crippen LogP contribution in [0, 0.1) is 0 Å². The van der Waals surface area contributed by atoms with Crippen molar-refractivity contribution < 1.29 is 4.74 Å². The maximum absolute atomic E-state index is 5.05. The molecule has 0 N–H and O–H groups in total. The third-order valence-corrected chi connectivity index (χ3v) is 1.61.